The summed E-state index contributed by atoms with van der Waals surface area (Å²) in [5.41, 5.74) is 1.71. The fourth-order valence-corrected chi connectivity index (χ4v) is 1.46. The maximum Gasteiger partial charge on any atom is 0.433 e. The van der Waals surface area contributed by atoms with Gasteiger partial charge in [-0.1, -0.05) is 0 Å². The molecule has 1 heterocycles. The number of nitriles is 1. The van der Waals surface area contributed by atoms with Crippen molar-refractivity contribution in [3.63, 3.8) is 0 Å². The minimum absolute atomic E-state index is 0.350. The van der Waals surface area contributed by atoms with Crippen molar-refractivity contribution < 1.29 is 22.0 Å². The lowest BCUT2D eigenvalue weighted by Gasteiger charge is -2.15. The highest BCUT2D eigenvalue weighted by atomic mass is 19.4. The van der Waals surface area contributed by atoms with E-state index in [1.807, 2.05) is 0 Å². The van der Waals surface area contributed by atoms with Crippen LogP contribution in [0.3, 0.4) is 0 Å². The monoisotopic (exact) mass is 265 g/mol. The van der Waals surface area contributed by atoms with Crippen molar-refractivity contribution in [3.8, 4) is 6.07 Å². The molecule has 3 nitrogen and oxygen atoms in total. The first-order valence-corrected chi connectivity index (χ1v) is 4.76. The third-order valence-electron chi connectivity index (χ3n) is 2.18. The highest BCUT2D eigenvalue weighted by molar-refractivity contribution is 5.36. The molecule has 0 saturated carbocycles. The molecule has 0 bridgehead atoms. The van der Waals surface area contributed by atoms with E-state index >= 15 is 0 Å². The molecule has 1 aromatic rings. The molecule has 0 aliphatic carbocycles. The van der Waals surface area contributed by atoms with Gasteiger partial charge in [0.25, 0.3) is 6.43 Å². The van der Waals surface area contributed by atoms with Crippen LogP contribution < -0.4 is 5.73 Å². The Morgan fingerprint density at radius 2 is 2.00 bits per heavy atom. The van der Waals surface area contributed by atoms with Gasteiger partial charge in [0.1, 0.15) is 5.69 Å². The highest BCUT2D eigenvalue weighted by Gasteiger charge is 2.37. The largest absolute Gasteiger partial charge is 0.433 e. The Kier molecular flexibility index (Phi) is 4.19. The fourth-order valence-electron chi connectivity index (χ4n) is 1.46. The Morgan fingerprint density at radius 3 is 2.39 bits per heavy atom. The number of aromatic nitrogens is 1. The van der Waals surface area contributed by atoms with Crippen molar-refractivity contribution in [1.29, 1.82) is 5.26 Å². The number of halogens is 5. The molecule has 18 heavy (non-hydrogen) atoms. The van der Waals surface area contributed by atoms with Crippen molar-refractivity contribution in [1.82, 2.24) is 4.98 Å². The molecule has 8 heteroatoms. The molecule has 0 unspecified atom stereocenters. The van der Waals surface area contributed by atoms with Crippen LogP contribution in [0.4, 0.5) is 22.0 Å². The van der Waals surface area contributed by atoms with E-state index in [1.54, 1.807) is 6.07 Å². The van der Waals surface area contributed by atoms with Gasteiger partial charge in [-0.3, -0.25) is 0 Å². The average molecular weight is 265 g/mol. The van der Waals surface area contributed by atoms with Crippen molar-refractivity contribution in [3.05, 3.63) is 28.6 Å². The molecule has 0 radical (unpaired) electrons. The van der Waals surface area contributed by atoms with E-state index in [-0.39, 0.29) is 5.69 Å². The molecule has 0 atom stereocenters. The minimum Gasteiger partial charge on any atom is -0.326 e. The summed E-state index contributed by atoms with van der Waals surface area (Å²) in [5.74, 6) is 0. The van der Waals surface area contributed by atoms with Gasteiger partial charge in [-0.2, -0.15) is 18.4 Å². The maximum absolute atomic E-state index is 12.7. The Balaban J connectivity index is 3.52. The normalized spacial score (nSPS) is 11.7. The molecule has 2 N–H and O–H groups in total. The molecule has 0 aliphatic heterocycles. The summed E-state index contributed by atoms with van der Waals surface area (Å²) in [6, 6.07) is 2.34. The summed E-state index contributed by atoms with van der Waals surface area (Å²) in [6.45, 7) is -0.700. The highest BCUT2D eigenvalue weighted by Crippen LogP contribution is 2.35. The zero-order valence-corrected chi connectivity index (χ0v) is 8.93. The van der Waals surface area contributed by atoms with Crippen LogP contribution in [0.1, 0.15) is 28.9 Å². The lowest BCUT2D eigenvalue weighted by molar-refractivity contribution is -0.142. The number of hydrogen-bond donors (Lipinski definition) is 1. The molecule has 0 aliphatic rings. The topological polar surface area (TPSA) is 62.7 Å². The number of pyridine rings is 1. The second kappa shape index (κ2) is 5.27. The molecular formula is C10H8F5N3. The first kappa shape index (κ1) is 14.3. The van der Waals surface area contributed by atoms with Crippen molar-refractivity contribution in [2.45, 2.75) is 25.6 Å². The van der Waals surface area contributed by atoms with Crippen LogP contribution in [-0.4, -0.2) is 4.98 Å². The van der Waals surface area contributed by atoms with Gasteiger partial charge in [0.15, 0.2) is 0 Å². The van der Waals surface area contributed by atoms with Crippen molar-refractivity contribution >= 4 is 0 Å². The Hall–Kier alpha value is -1.75. The molecule has 0 aromatic carbocycles. The quantitative estimate of drug-likeness (QED) is 0.854. The molecule has 0 amide bonds. The summed E-state index contributed by atoms with van der Waals surface area (Å²) < 4.78 is 63.3. The van der Waals surface area contributed by atoms with E-state index in [9.17, 15) is 22.0 Å². The lowest BCUT2D eigenvalue weighted by Crippen LogP contribution is -2.18. The number of alkyl halides is 5. The van der Waals surface area contributed by atoms with Crippen LogP contribution in [0, 0.1) is 11.3 Å². The Morgan fingerprint density at radius 1 is 1.39 bits per heavy atom. The molecule has 0 spiro atoms. The fraction of sp³-hybridized carbons (Fsp3) is 0.400. The van der Waals surface area contributed by atoms with Gasteiger partial charge in [0, 0.05) is 17.7 Å². The van der Waals surface area contributed by atoms with Gasteiger partial charge < -0.3 is 5.73 Å². The first-order valence-electron chi connectivity index (χ1n) is 4.76. The predicted octanol–water partition coefficient (Wildman–Crippen LogP) is 2.56. The number of nitrogens with zero attached hydrogens (tertiary/aromatic N) is 2. The minimum atomic E-state index is -4.89. The third kappa shape index (κ3) is 2.92. The van der Waals surface area contributed by atoms with Gasteiger partial charge >= 0.3 is 6.18 Å². The average Bonchev–Trinajstić information content (AvgIpc) is 2.27. The second-order valence-electron chi connectivity index (χ2n) is 3.37. The van der Waals surface area contributed by atoms with Crippen LogP contribution in [0.5, 0.6) is 0 Å². The smallest absolute Gasteiger partial charge is 0.326 e. The number of rotatable bonds is 3. The Bertz CT molecular complexity index is 476. The van der Waals surface area contributed by atoms with E-state index in [4.69, 9.17) is 11.0 Å². The van der Waals surface area contributed by atoms with Crippen molar-refractivity contribution in [2.24, 2.45) is 5.73 Å². The number of hydrogen-bond acceptors (Lipinski definition) is 3. The Labute approximate surface area is 99.0 Å². The van der Waals surface area contributed by atoms with Crippen LogP contribution in [0.25, 0.3) is 0 Å². The van der Waals surface area contributed by atoms with Crippen LogP contribution in [0.2, 0.25) is 0 Å². The molecule has 0 saturated heterocycles. The van der Waals surface area contributed by atoms with Gasteiger partial charge in [-0.05, 0) is 6.07 Å². The summed E-state index contributed by atoms with van der Waals surface area (Å²) in [4.78, 5) is 3.19. The first-order chi connectivity index (χ1) is 8.31. The van der Waals surface area contributed by atoms with Gasteiger partial charge in [-0.25, -0.2) is 13.8 Å². The number of nitrogens with two attached hydrogens (primary N) is 1. The standard InChI is InChI=1S/C10H8F5N3/c11-9(12)6-3-5(1-2-16)18-8(7(6)4-17)10(13,14)15/h3,9H,1,4,17H2. The van der Waals surface area contributed by atoms with Crippen molar-refractivity contribution in [2.75, 3.05) is 0 Å². The maximum atomic E-state index is 12.7. The molecule has 0 fully saturated rings. The zero-order chi connectivity index (χ0) is 13.9. The molecular weight excluding hydrogens is 257 g/mol. The SMILES string of the molecule is N#CCc1cc(C(F)F)c(CN)c(C(F)(F)F)n1. The third-order valence-corrected chi connectivity index (χ3v) is 2.18. The van der Waals surface area contributed by atoms with Crippen LogP contribution in [-0.2, 0) is 19.1 Å². The van der Waals surface area contributed by atoms with E-state index in [0.717, 1.165) is 6.07 Å². The van der Waals surface area contributed by atoms with Crippen LogP contribution >= 0.6 is 0 Å². The van der Waals surface area contributed by atoms with E-state index in [2.05, 4.69) is 4.98 Å². The summed E-state index contributed by atoms with van der Waals surface area (Å²) >= 11 is 0. The lowest BCUT2D eigenvalue weighted by atomic mass is 10.0. The molecule has 1 aromatic heterocycles. The van der Waals surface area contributed by atoms with Gasteiger partial charge in [0.05, 0.1) is 18.2 Å². The summed E-state index contributed by atoms with van der Waals surface area (Å²) in [5, 5.41) is 8.39. The second-order valence-corrected chi connectivity index (χ2v) is 3.37. The van der Waals surface area contributed by atoms with E-state index in [1.165, 1.54) is 0 Å². The molecule has 98 valence electrons. The predicted molar refractivity (Wildman–Crippen MR) is 51.4 cm³/mol. The van der Waals surface area contributed by atoms with Gasteiger partial charge in [-0.15, -0.1) is 0 Å². The summed E-state index contributed by atoms with van der Waals surface area (Å²) in [6.07, 6.45) is -8.47. The zero-order valence-electron chi connectivity index (χ0n) is 8.93. The van der Waals surface area contributed by atoms with Gasteiger partial charge in [0.2, 0.25) is 0 Å². The molecule has 1 rings (SSSR count). The van der Waals surface area contributed by atoms with E-state index in [0.29, 0.717) is 0 Å². The van der Waals surface area contributed by atoms with E-state index < -0.39 is 42.4 Å². The van der Waals surface area contributed by atoms with Crippen LogP contribution in [0.15, 0.2) is 6.07 Å². The summed E-state index contributed by atoms with van der Waals surface area (Å²) in [7, 11) is 0.